The molecule has 2 N–H and O–H groups in total. The number of thioether (sulfide) groups is 1. The Hall–Kier alpha value is -4.00. The van der Waals surface area contributed by atoms with Gasteiger partial charge in [0, 0.05) is 31.7 Å². The lowest BCUT2D eigenvalue weighted by Gasteiger charge is -2.34. The molecule has 3 aromatic heterocycles. The number of ether oxygens (including phenoxy) is 1. The number of likely N-dealkylation sites (tertiary alicyclic amines) is 1. The molecule has 12 heteroatoms. The second kappa shape index (κ2) is 11.9. The summed E-state index contributed by atoms with van der Waals surface area (Å²) in [4.78, 5) is 47.4. The first-order valence-electron chi connectivity index (χ1n) is 13.6. The minimum atomic E-state index is -0.879. The van der Waals surface area contributed by atoms with Crippen LogP contribution < -0.4 is 21.2 Å². The van der Waals surface area contributed by atoms with Crippen molar-refractivity contribution in [2.45, 2.75) is 42.9 Å². The van der Waals surface area contributed by atoms with Gasteiger partial charge in [-0.1, -0.05) is 30.0 Å². The molecule has 1 fully saturated rings. The first-order valence-corrected chi connectivity index (χ1v) is 14.5. The monoisotopic (exact) mass is 574 g/mol. The van der Waals surface area contributed by atoms with E-state index < -0.39 is 5.97 Å². The highest BCUT2D eigenvalue weighted by molar-refractivity contribution is 7.99. The van der Waals surface area contributed by atoms with Crippen molar-refractivity contribution in [3.8, 4) is 5.75 Å². The highest BCUT2D eigenvalue weighted by atomic mass is 32.2. The van der Waals surface area contributed by atoms with E-state index in [-0.39, 0.29) is 17.2 Å². The Morgan fingerprint density at radius 1 is 1.05 bits per heavy atom. The van der Waals surface area contributed by atoms with Crippen LogP contribution >= 0.6 is 11.8 Å². The number of aromatic nitrogens is 4. The average molecular weight is 575 g/mol. The zero-order valence-corrected chi connectivity index (χ0v) is 23.1. The normalized spacial score (nSPS) is 18.0. The number of nitrogens with one attached hydrogen (secondary N) is 1. The molecule has 1 atom stereocenters. The molecule has 11 nitrogen and oxygen atoms in total. The number of nitrogens with zero attached hydrogens (tertiary/aromatic N) is 5. The quantitative estimate of drug-likeness (QED) is 0.354. The fraction of sp³-hybridized carbons (Fsp3) is 0.345. The summed E-state index contributed by atoms with van der Waals surface area (Å²) < 4.78 is 8.95. The van der Waals surface area contributed by atoms with Crippen LogP contribution in [0.3, 0.4) is 0 Å². The highest BCUT2D eigenvalue weighted by Gasteiger charge is 2.29. The Labute approximate surface area is 239 Å². The fourth-order valence-electron chi connectivity index (χ4n) is 5.55. The molecule has 6 heterocycles. The number of rotatable bonds is 6. The number of pyridine rings is 2. The number of carboxylic acid groups (broad SMARTS) is 1. The molecule has 1 saturated heterocycles. The largest absolute Gasteiger partial charge is 0.480 e. The van der Waals surface area contributed by atoms with E-state index >= 15 is 0 Å². The minimum absolute atomic E-state index is 0.0389. The fourth-order valence-corrected chi connectivity index (χ4v) is 6.33. The number of carbonyl (C=O) groups is 1. The summed E-state index contributed by atoms with van der Waals surface area (Å²) in [6.45, 7) is 3.97. The molecule has 0 bridgehead atoms. The third kappa shape index (κ3) is 5.90. The van der Waals surface area contributed by atoms with E-state index in [1.54, 1.807) is 63.4 Å². The Balaban J connectivity index is 0.000000289. The van der Waals surface area contributed by atoms with Crippen LogP contribution in [0, 0.1) is 0 Å². The molecule has 212 valence electrons. The molecular formula is C29H30N6O5S. The number of hydrogen-bond acceptors (Lipinski definition) is 9. The van der Waals surface area contributed by atoms with Gasteiger partial charge in [-0.3, -0.25) is 23.7 Å². The van der Waals surface area contributed by atoms with Crippen LogP contribution in [0.1, 0.15) is 34.9 Å². The van der Waals surface area contributed by atoms with Gasteiger partial charge in [0.25, 0.3) is 11.1 Å². The van der Waals surface area contributed by atoms with Crippen LogP contribution in [-0.4, -0.2) is 66.7 Å². The predicted octanol–water partition coefficient (Wildman–Crippen LogP) is 2.59. The van der Waals surface area contributed by atoms with Crippen LogP contribution in [0.5, 0.6) is 5.75 Å². The molecule has 0 aliphatic carbocycles. The molecule has 0 radical (unpaired) electrons. The van der Waals surface area contributed by atoms with Crippen molar-refractivity contribution in [2.75, 3.05) is 25.6 Å². The van der Waals surface area contributed by atoms with Gasteiger partial charge in [-0.15, -0.1) is 0 Å². The zero-order valence-electron chi connectivity index (χ0n) is 22.3. The number of carboxylic acids is 1. The van der Waals surface area contributed by atoms with E-state index in [9.17, 15) is 14.4 Å². The van der Waals surface area contributed by atoms with E-state index in [0.717, 1.165) is 50.5 Å². The Kier molecular flexibility index (Phi) is 7.86. The van der Waals surface area contributed by atoms with Crippen molar-refractivity contribution >= 4 is 28.9 Å². The van der Waals surface area contributed by atoms with Gasteiger partial charge in [-0.25, -0.2) is 9.78 Å². The molecule has 4 aromatic rings. The van der Waals surface area contributed by atoms with Crippen LogP contribution in [0.4, 0.5) is 0 Å². The zero-order chi connectivity index (χ0) is 28.3. The molecule has 0 amide bonds. The van der Waals surface area contributed by atoms with Gasteiger partial charge >= 0.3 is 5.97 Å². The lowest BCUT2D eigenvalue weighted by Crippen LogP contribution is -2.44. The SMILES string of the molecule is O=C(O)c1ccccc1.O=c1cnc2ccc(=O)n3c2n1C[C@H]3CN1CCC(NCc2cc3c(cn2)OCS3)CC1. The molecule has 3 aliphatic rings. The number of piperidine rings is 1. The standard InChI is InChI=1S/C22H24N6O3S.C7H6O2/c29-20-2-1-17-22-27(21(30)10-25-17)12-16(28(20)22)11-26-5-3-14(4-6-26)23-8-15-7-19-18(9-24-15)31-13-32-19;8-7(9)6-4-2-1-3-5-6/h1-2,7,9-10,14,16,23H,3-6,8,11-13H2;1-5H,(H,8,9)/t16-;/m1./s1. The van der Waals surface area contributed by atoms with Gasteiger partial charge in [0.05, 0.1) is 34.6 Å². The second-order valence-electron chi connectivity index (χ2n) is 10.3. The molecule has 0 unspecified atom stereocenters. The van der Waals surface area contributed by atoms with E-state index in [1.807, 2.05) is 6.20 Å². The Morgan fingerprint density at radius 2 is 1.85 bits per heavy atom. The van der Waals surface area contributed by atoms with Crippen molar-refractivity contribution < 1.29 is 14.6 Å². The molecule has 1 aromatic carbocycles. The average Bonchev–Trinajstić information content (AvgIpc) is 3.62. The number of aromatic carboxylic acids is 1. The van der Waals surface area contributed by atoms with Crippen molar-refractivity contribution in [3.05, 3.63) is 92.9 Å². The molecular weight excluding hydrogens is 544 g/mol. The maximum absolute atomic E-state index is 12.6. The first-order chi connectivity index (χ1) is 20.0. The van der Waals surface area contributed by atoms with Crippen molar-refractivity contribution in [3.63, 3.8) is 0 Å². The molecule has 7 rings (SSSR count). The molecule has 41 heavy (non-hydrogen) atoms. The number of hydrogen-bond donors (Lipinski definition) is 2. The molecule has 0 spiro atoms. The van der Waals surface area contributed by atoms with Crippen LogP contribution in [0.2, 0.25) is 0 Å². The highest BCUT2D eigenvalue weighted by Crippen LogP contribution is 2.35. The van der Waals surface area contributed by atoms with Crippen LogP contribution in [0.25, 0.3) is 11.2 Å². The van der Waals surface area contributed by atoms with E-state index in [4.69, 9.17) is 9.84 Å². The van der Waals surface area contributed by atoms with Crippen LogP contribution in [0.15, 0.2) is 75.4 Å². The maximum Gasteiger partial charge on any atom is 0.335 e. The van der Waals surface area contributed by atoms with Crippen molar-refractivity contribution in [1.82, 2.24) is 29.3 Å². The smallest absolute Gasteiger partial charge is 0.335 e. The van der Waals surface area contributed by atoms with E-state index in [0.29, 0.717) is 35.3 Å². The van der Waals surface area contributed by atoms with Gasteiger partial charge in [-0.2, -0.15) is 0 Å². The van der Waals surface area contributed by atoms with Gasteiger partial charge in [0.15, 0.2) is 5.75 Å². The Bertz CT molecular complexity index is 1680. The van der Waals surface area contributed by atoms with Crippen molar-refractivity contribution in [1.29, 1.82) is 0 Å². The van der Waals surface area contributed by atoms with Gasteiger partial charge in [0.1, 0.15) is 17.1 Å². The summed E-state index contributed by atoms with van der Waals surface area (Å²) in [5, 5.41) is 12.0. The Morgan fingerprint density at radius 3 is 2.61 bits per heavy atom. The second-order valence-corrected chi connectivity index (χ2v) is 11.2. The lowest BCUT2D eigenvalue weighted by atomic mass is 10.0. The minimum Gasteiger partial charge on any atom is -0.480 e. The summed E-state index contributed by atoms with van der Waals surface area (Å²) >= 11 is 1.71. The van der Waals surface area contributed by atoms with Gasteiger partial charge in [0.2, 0.25) is 0 Å². The topological polar surface area (TPSA) is 132 Å². The van der Waals surface area contributed by atoms with E-state index in [2.05, 4.69) is 26.3 Å². The molecule has 3 aliphatic heterocycles. The van der Waals surface area contributed by atoms with E-state index in [1.165, 1.54) is 11.1 Å². The first kappa shape index (κ1) is 27.2. The summed E-state index contributed by atoms with van der Waals surface area (Å²) in [5.74, 6) is 0.675. The lowest BCUT2D eigenvalue weighted by molar-refractivity contribution is 0.0697. The van der Waals surface area contributed by atoms with Crippen molar-refractivity contribution in [2.24, 2.45) is 0 Å². The maximum atomic E-state index is 12.6. The summed E-state index contributed by atoms with van der Waals surface area (Å²) in [6, 6.07) is 14.1. The summed E-state index contributed by atoms with van der Waals surface area (Å²) in [7, 11) is 0. The van der Waals surface area contributed by atoms with Crippen LogP contribution in [-0.2, 0) is 13.1 Å². The van der Waals surface area contributed by atoms with Gasteiger partial charge < -0.3 is 20.1 Å². The van der Waals surface area contributed by atoms with Gasteiger partial charge in [-0.05, 0) is 50.2 Å². The third-order valence-electron chi connectivity index (χ3n) is 7.64. The summed E-state index contributed by atoms with van der Waals surface area (Å²) in [6.07, 6.45) is 5.25. The number of benzene rings is 1. The third-order valence-corrected chi connectivity index (χ3v) is 8.50. The molecule has 0 saturated carbocycles. The predicted molar refractivity (Wildman–Crippen MR) is 155 cm³/mol. The summed E-state index contributed by atoms with van der Waals surface area (Å²) in [5.41, 5.74) is 2.50. The number of fused-ring (bicyclic) bond motifs is 1.